The van der Waals surface area contributed by atoms with Crippen molar-refractivity contribution < 1.29 is 14.7 Å². The number of hydrogen-bond donors (Lipinski definition) is 5. The van der Waals surface area contributed by atoms with Crippen molar-refractivity contribution in [2.24, 2.45) is 28.1 Å². The van der Waals surface area contributed by atoms with Crippen LogP contribution in [0.5, 0.6) is 0 Å². The maximum absolute atomic E-state index is 12.1. The topological polar surface area (TPSA) is 160 Å². The number of carboxylic acids is 1. The lowest BCUT2D eigenvalue weighted by Gasteiger charge is -2.25. The normalized spacial score (nSPS) is 32.0. The molecule has 0 spiro atoms. The molecule has 2 aliphatic rings. The van der Waals surface area contributed by atoms with Crippen LogP contribution in [0.15, 0.2) is 4.99 Å². The lowest BCUT2D eigenvalue weighted by Crippen LogP contribution is -2.55. The molecule has 0 saturated carbocycles. The summed E-state index contributed by atoms with van der Waals surface area (Å²) in [6, 6.07) is -2.03. The zero-order chi connectivity index (χ0) is 16.6. The Kier molecular flexibility index (Phi) is 4.57. The lowest BCUT2D eigenvalue weighted by atomic mass is 9.99. The number of piperidine rings is 1. The summed E-state index contributed by atoms with van der Waals surface area (Å²) in [6.45, 7) is 4.36. The van der Waals surface area contributed by atoms with Gasteiger partial charge in [-0.2, -0.15) is 0 Å². The first-order valence-corrected chi connectivity index (χ1v) is 7.35. The van der Waals surface area contributed by atoms with Crippen molar-refractivity contribution >= 4 is 17.8 Å². The summed E-state index contributed by atoms with van der Waals surface area (Å²) in [5.74, 6) is -1.60. The number of nitrogens with two attached hydrogens (primary N) is 3. The van der Waals surface area contributed by atoms with Crippen LogP contribution in [-0.4, -0.2) is 64.6 Å². The first-order valence-electron chi connectivity index (χ1n) is 7.35. The van der Waals surface area contributed by atoms with E-state index in [9.17, 15) is 14.7 Å². The fourth-order valence-corrected chi connectivity index (χ4v) is 2.97. The van der Waals surface area contributed by atoms with E-state index >= 15 is 0 Å². The van der Waals surface area contributed by atoms with Gasteiger partial charge in [0.2, 0.25) is 5.91 Å². The Bertz CT molecular complexity index is 490. The fourth-order valence-electron chi connectivity index (χ4n) is 2.97. The zero-order valence-electron chi connectivity index (χ0n) is 12.8. The molecular weight excluding hydrogens is 288 g/mol. The molecule has 22 heavy (non-hydrogen) atoms. The highest BCUT2D eigenvalue weighted by atomic mass is 16.4. The summed E-state index contributed by atoms with van der Waals surface area (Å²) < 4.78 is 0. The number of rotatable bonds is 6. The number of aliphatic imine (C=N–C) groups is 1. The van der Waals surface area contributed by atoms with E-state index < -0.39 is 24.0 Å². The molecule has 6 atom stereocenters. The number of hydrogen-bond acceptors (Lipinski definition) is 5. The van der Waals surface area contributed by atoms with Gasteiger partial charge in [0, 0.05) is 18.6 Å². The molecule has 2 aliphatic heterocycles. The standard InChI is InChI=1S/C13H24N6O3/c1-5(2)9(14)11(20)18-10(12(21)22)7-3-6(17-13(15)16)8-4-19(7)8/h5-10H,3-4,14H2,1-2H3,(H,18,20)(H,21,22)(H4,15,16,17)/t6-,7?,8?,9?,10?,19?/m0/s1. The predicted octanol–water partition coefficient (Wildman–Crippen LogP) is -2.36. The number of fused-ring (bicyclic) bond motifs is 1. The Morgan fingerprint density at radius 3 is 2.50 bits per heavy atom. The number of carbonyl (C=O) groups excluding carboxylic acids is 1. The van der Waals surface area contributed by atoms with Crippen LogP contribution in [0.4, 0.5) is 0 Å². The number of guanidine groups is 1. The molecule has 5 unspecified atom stereocenters. The molecule has 1 amide bonds. The maximum Gasteiger partial charge on any atom is 0.327 e. The highest BCUT2D eigenvalue weighted by Gasteiger charge is 2.56. The second-order valence-electron chi connectivity index (χ2n) is 6.28. The van der Waals surface area contributed by atoms with Gasteiger partial charge in [0.1, 0.15) is 6.04 Å². The van der Waals surface area contributed by atoms with Crippen LogP contribution in [-0.2, 0) is 9.59 Å². The largest absolute Gasteiger partial charge is 0.480 e. The van der Waals surface area contributed by atoms with E-state index in [0.717, 1.165) is 6.54 Å². The van der Waals surface area contributed by atoms with Crippen LogP contribution in [0.3, 0.4) is 0 Å². The summed E-state index contributed by atoms with van der Waals surface area (Å²) in [5.41, 5.74) is 16.6. The van der Waals surface area contributed by atoms with Gasteiger partial charge in [-0.05, 0) is 12.3 Å². The number of carboxylic acid groups (broad SMARTS) is 1. The molecule has 0 aliphatic carbocycles. The Morgan fingerprint density at radius 1 is 1.36 bits per heavy atom. The highest BCUT2D eigenvalue weighted by molar-refractivity contribution is 5.87. The van der Waals surface area contributed by atoms with E-state index in [4.69, 9.17) is 17.2 Å². The van der Waals surface area contributed by atoms with Gasteiger partial charge in [0.15, 0.2) is 5.96 Å². The second-order valence-corrected chi connectivity index (χ2v) is 6.28. The van der Waals surface area contributed by atoms with Gasteiger partial charge in [-0.3, -0.25) is 9.69 Å². The van der Waals surface area contributed by atoms with Crippen molar-refractivity contribution in [3.8, 4) is 0 Å². The quantitative estimate of drug-likeness (QED) is 0.208. The molecule has 8 N–H and O–H groups in total. The minimum absolute atomic E-state index is 0.00441. The molecule has 2 fully saturated rings. The Balaban J connectivity index is 2.06. The number of carbonyl (C=O) groups is 2. The third-order valence-corrected chi connectivity index (χ3v) is 4.33. The first kappa shape index (κ1) is 16.5. The lowest BCUT2D eigenvalue weighted by molar-refractivity contribution is -0.143. The van der Waals surface area contributed by atoms with Crippen molar-refractivity contribution in [1.29, 1.82) is 0 Å². The summed E-state index contributed by atoms with van der Waals surface area (Å²) in [4.78, 5) is 29.7. The van der Waals surface area contributed by atoms with Crippen LogP contribution in [0.25, 0.3) is 0 Å². The number of nitrogens with one attached hydrogen (secondary N) is 1. The summed E-state index contributed by atoms with van der Waals surface area (Å²) in [6.07, 6.45) is 0.497. The predicted molar refractivity (Wildman–Crippen MR) is 80.9 cm³/mol. The van der Waals surface area contributed by atoms with Crippen molar-refractivity contribution in [3.63, 3.8) is 0 Å². The minimum atomic E-state index is -1.08. The van der Waals surface area contributed by atoms with E-state index in [0.29, 0.717) is 6.42 Å². The van der Waals surface area contributed by atoms with Crippen LogP contribution < -0.4 is 22.5 Å². The molecule has 0 bridgehead atoms. The molecule has 2 saturated heterocycles. The van der Waals surface area contributed by atoms with Gasteiger partial charge in [0.25, 0.3) is 0 Å². The average molecular weight is 312 g/mol. The van der Waals surface area contributed by atoms with Gasteiger partial charge in [0.05, 0.1) is 12.1 Å². The van der Waals surface area contributed by atoms with Crippen LogP contribution in [0, 0.1) is 5.92 Å². The van der Waals surface area contributed by atoms with E-state index in [-0.39, 0.29) is 30.0 Å². The van der Waals surface area contributed by atoms with E-state index in [1.807, 2.05) is 18.7 Å². The van der Waals surface area contributed by atoms with Gasteiger partial charge in [-0.1, -0.05) is 13.8 Å². The molecule has 0 radical (unpaired) electrons. The SMILES string of the molecule is CC(C)C(N)C(=O)NC(C(=O)O)C1C[C@H](N=C(N)N)C2CN12. The fraction of sp³-hybridized carbons (Fsp3) is 0.769. The Hall–Kier alpha value is -1.87. The zero-order valence-corrected chi connectivity index (χ0v) is 12.8. The molecule has 124 valence electrons. The molecule has 2 heterocycles. The summed E-state index contributed by atoms with van der Waals surface area (Å²) >= 11 is 0. The van der Waals surface area contributed by atoms with E-state index in [2.05, 4.69) is 10.3 Å². The average Bonchev–Trinajstić information content (AvgIpc) is 3.13. The van der Waals surface area contributed by atoms with E-state index in [1.165, 1.54) is 0 Å². The van der Waals surface area contributed by atoms with Crippen LogP contribution in [0.2, 0.25) is 0 Å². The van der Waals surface area contributed by atoms with Crippen LogP contribution >= 0.6 is 0 Å². The van der Waals surface area contributed by atoms with Crippen LogP contribution in [0.1, 0.15) is 20.3 Å². The van der Waals surface area contributed by atoms with Crippen molar-refractivity contribution in [3.05, 3.63) is 0 Å². The molecule has 9 nitrogen and oxygen atoms in total. The number of nitrogens with zero attached hydrogens (tertiary/aromatic N) is 2. The Labute approximate surface area is 128 Å². The van der Waals surface area contributed by atoms with Crippen molar-refractivity contribution in [1.82, 2.24) is 10.2 Å². The third kappa shape index (κ3) is 3.30. The number of amides is 1. The van der Waals surface area contributed by atoms with Crippen molar-refractivity contribution in [2.45, 2.75) is 50.5 Å². The molecule has 2 rings (SSSR count). The maximum atomic E-state index is 12.1. The summed E-state index contributed by atoms with van der Waals surface area (Å²) in [5, 5.41) is 12.0. The first-order chi connectivity index (χ1) is 10.2. The van der Waals surface area contributed by atoms with Gasteiger partial charge in [-0.25, -0.2) is 9.79 Å². The summed E-state index contributed by atoms with van der Waals surface area (Å²) in [7, 11) is 0. The van der Waals surface area contributed by atoms with E-state index in [1.54, 1.807) is 0 Å². The van der Waals surface area contributed by atoms with Crippen molar-refractivity contribution in [2.75, 3.05) is 6.54 Å². The highest BCUT2D eigenvalue weighted by Crippen LogP contribution is 2.39. The Morgan fingerprint density at radius 2 is 2.00 bits per heavy atom. The molecule has 9 heteroatoms. The second kappa shape index (κ2) is 6.09. The van der Waals surface area contributed by atoms with Gasteiger partial charge >= 0.3 is 5.97 Å². The van der Waals surface area contributed by atoms with Gasteiger partial charge in [-0.15, -0.1) is 0 Å². The third-order valence-electron chi connectivity index (χ3n) is 4.33. The monoisotopic (exact) mass is 312 g/mol. The molecule has 0 aromatic carbocycles. The van der Waals surface area contributed by atoms with Gasteiger partial charge < -0.3 is 27.6 Å². The smallest absolute Gasteiger partial charge is 0.327 e. The number of aliphatic carboxylic acids is 1. The minimum Gasteiger partial charge on any atom is -0.480 e. The molecular formula is C13H24N6O3. The molecule has 0 aromatic heterocycles. The molecule has 0 aromatic rings.